The van der Waals surface area contributed by atoms with Crippen LogP contribution >= 0.6 is 0 Å². The second kappa shape index (κ2) is 6.61. The number of ketones is 1. The third-order valence-corrected chi connectivity index (χ3v) is 5.94. The van der Waals surface area contributed by atoms with Gasteiger partial charge in [-0.25, -0.2) is 0 Å². The number of rotatable bonds is 3. The summed E-state index contributed by atoms with van der Waals surface area (Å²) >= 11 is 0. The number of benzene rings is 1. The summed E-state index contributed by atoms with van der Waals surface area (Å²) in [6.45, 7) is 6.48. The molecule has 0 saturated heterocycles. The molecule has 0 bridgehead atoms. The van der Waals surface area contributed by atoms with Gasteiger partial charge in [0.2, 0.25) is 0 Å². The van der Waals surface area contributed by atoms with Crippen LogP contribution in [0.25, 0.3) is 11.1 Å². The molecule has 0 aliphatic heterocycles. The standard InChI is InChI=1S/C23H30N2O/c1-15-9-11-16(12-10-15)20-21-18(13-23(2,3)14-19(21)26)25-22(20)24-17-7-5-4-6-8-17/h9-12,17,24-25H,4-8,13-14H2,1-3H3. The van der Waals surface area contributed by atoms with Crippen LogP contribution in [-0.2, 0) is 6.42 Å². The van der Waals surface area contributed by atoms with Crippen LogP contribution in [0, 0.1) is 12.3 Å². The van der Waals surface area contributed by atoms with Crippen LogP contribution in [0.5, 0.6) is 0 Å². The van der Waals surface area contributed by atoms with Gasteiger partial charge in [0, 0.05) is 29.3 Å². The number of anilines is 1. The molecule has 0 radical (unpaired) electrons. The van der Waals surface area contributed by atoms with Gasteiger partial charge in [-0.1, -0.05) is 62.9 Å². The number of hydrogen-bond donors (Lipinski definition) is 2. The van der Waals surface area contributed by atoms with Gasteiger partial charge in [0.25, 0.3) is 0 Å². The Morgan fingerprint density at radius 1 is 1.00 bits per heavy atom. The molecular weight excluding hydrogens is 320 g/mol. The van der Waals surface area contributed by atoms with Crippen LogP contribution < -0.4 is 5.32 Å². The number of carbonyl (C=O) groups is 1. The Bertz CT molecular complexity index is 807. The van der Waals surface area contributed by atoms with E-state index >= 15 is 0 Å². The summed E-state index contributed by atoms with van der Waals surface area (Å²) in [7, 11) is 0. The summed E-state index contributed by atoms with van der Waals surface area (Å²) in [6.07, 6.45) is 7.93. The summed E-state index contributed by atoms with van der Waals surface area (Å²) < 4.78 is 0. The maximum absolute atomic E-state index is 13.0. The van der Waals surface area contributed by atoms with Gasteiger partial charge >= 0.3 is 0 Å². The van der Waals surface area contributed by atoms with Crippen LogP contribution in [0.2, 0.25) is 0 Å². The molecule has 4 rings (SSSR count). The first-order valence-electron chi connectivity index (χ1n) is 10.0. The third kappa shape index (κ3) is 3.32. The average molecular weight is 351 g/mol. The van der Waals surface area contributed by atoms with Crippen LogP contribution in [0.15, 0.2) is 24.3 Å². The number of aromatic nitrogens is 1. The molecule has 1 heterocycles. The van der Waals surface area contributed by atoms with Gasteiger partial charge in [-0.3, -0.25) is 4.79 Å². The minimum absolute atomic E-state index is 0.0294. The zero-order chi connectivity index (χ0) is 18.3. The lowest BCUT2D eigenvalue weighted by atomic mass is 9.75. The summed E-state index contributed by atoms with van der Waals surface area (Å²) in [5.74, 6) is 1.33. The smallest absolute Gasteiger partial charge is 0.165 e. The van der Waals surface area contributed by atoms with Crippen LogP contribution in [-0.4, -0.2) is 16.8 Å². The van der Waals surface area contributed by atoms with Gasteiger partial charge in [0.15, 0.2) is 5.78 Å². The maximum atomic E-state index is 13.0. The molecule has 3 nitrogen and oxygen atoms in total. The predicted molar refractivity (Wildman–Crippen MR) is 108 cm³/mol. The molecular formula is C23H30N2O. The molecule has 0 unspecified atom stereocenters. The molecule has 2 aliphatic rings. The van der Waals surface area contributed by atoms with Gasteiger partial charge < -0.3 is 10.3 Å². The van der Waals surface area contributed by atoms with Crippen LogP contribution in [0.3, 0.4) is 0 Å². The first kappa shape index (κ1) is 17.4. The van der Waals surface area contributed by atoms with Crippen molar-refractivity contribution in [2.45, 2.75) is 71.8 Å². The highest BCUT2D eigenvalue weighted by Crippen LogP contribution is 2.43. The first-order chi connectivity index (χ1) is 12.4. The van der Waals surface area contributed by atoms with Crippen molar-refractivity contribution in [3.8, 4) is 11.1 Å². The van der Waals surface area contributed by atoms with Gasteiger partial charge in [0.05, 0.1) is 0 Å². The number of aromatic amines is 1. The number of aryl methyl sites for hydroxylation is 1. The molecule has 2 N–H and O–H groups in total. The average Bonchev–Trinajstić information content (AvgIpc) is 2.93. The molecule has 0 atom stereocenters. The van der Waals surface area contributed by atoms with Gasteiger partial charge in [0.1, 0.15) is 5.82 Å². The fourth-order valence-corrected chi connectivity index (χ4v) is 4.62. The van der Waals surface area contributed by atoms with Crippen molar-refractivity contribution in [3.63, 3.8) is 0 Å². The van der Waals surface area contributed by atoms with Gasteiger partial charge in [-0.15, -0.1) is 0 Å². The molecule has 2 aromatic rings. The van der Waals surface area contributed by atoms with Crippen molar-refractivity contribution in [1.29, 1.82) is 0 Å². The topological polar surface area (TPSA) is 44.9 Å². The van der Waals surface area contributed by atoms with Crippen molar-refractivity contribution in [1.82, 2.24) is 4.98 Å². The summed E-state index contributed by atoms with van der Waals surface area (Å²) in [4.78, 5) is 16.6. The zero-order valence-electron chi connectivity index (χ0n) is 16.2. The van der Waals surface area contributed by atoms with E-state index in [2.05, 4.69) is 55.3 Å². The molecule has 1 aromatic carbocycles. The summed E-state index contributed by atoms with van der Waals surface area (Å²) in [5, 5.41) is 3.76. The monoisotopic (exact) mass is 350 g/mol. The normalized spacial score (nSPS) is 20.0. The second-order valence-electron chi connectivity index (χ2n) is 9.01. The first-order valence-corrected chi connectivity index (χ1v) is 10.0. The molecule has 138 valence electrons. The Balaban J connectivity index is 1.79. The van der Waals surface area contributed by atoms with Crippen molar-refractivity contribution >= 4 is 11.6 Å². The summed E-state index contributed by atoms with van der Waals surface area (Å²) in [5.41, 5.74) is 5.53. The second-order valence-corrected chi connectivity index (χ2v) is 9.01. The molecule has 2 aliphatic carbocycles. The molecule has 3 heteroatoms. The minimum Gasteiger partial charge on any atom is -0.368 e. The highest BCUT2D eigenvalue weighted by molar-refractivity contribution is 6.07. The fraction of sp³-hybridized carbons (Fsp3) is 0.522. The maximum Gasteiger partial charge on any atom is 0.165 e. The largest absolute Gasteiger partial charge is 0.368 e. The molecule has 1 aromatic heterocycles. The molecule has 0 spiro atoms. The van der Waals surface area contributed by atoms with E-state index < -0.39 is 0 Å². The van der Waals surface area contributed by atoms with E-state index in [4.69, 9.17) is 0 Å². The zero-order valence-corrected chi connectivity index (χ0v) is 16.2. The SMILES string of the molecule is Cc1ccc(-c2c(NC3CCCCC3)[nH]c3c2C(=O)CC(C)(C)C3)cc1. The van der Waals surface area contributed by atoms with E-state index in [9.17, 15) is 4.79 Å². The van der Waals surface area contributed by atoms with E-state index in [-0.39, 0.29) is 11.2 Å². The predicted octanol–water partition coefficient (Wildman–Crippen LogP) is 5.89. The van der Waals surface area contributed by atoms with E-state index in [1.54, 1.807) is 0 Å². The van der Waals surface area contributed by atoms with E-state index in [0.717, 1.165) is 34.6 Å². The molecule has 1 saturated carbocycles. The number of fused-ring (bicyclic) bond motifs is 1. The summed E-state index contributed by atoms with van der Waals surface area (Å²) in [6, 6.07) is 9.08. The van der Waals surface area contributed by atoms with Crippen molar-refractivity contribution in [3.05, 3.63) is 41.1 Å². The quantitative estimate of drug-likeness (QED) is 0.725. The molecule has 1 fully saturated rings. The Hall–Kier alpha value is -2.03. The van der Waals surface area contributed by atoms with Gasteiger partial charge in [-0.05, 0) is 37.2 Å². The van der Waals surface area contributed by atoms with E-state index in [1.165, 1.54) is 37.7 Å². The van der Waals surface area contributed by atoms with E-state index in [0.29, 0.717) is 12.5 Å². The van der Waals surface area contributed by atoms with Crippen molar-refractivity contribution in [2.24, 2.45) is 5.41 Å². The van der Waals surface area contributed by atoms with Crippen LogP contribution in [0.1, 0.15) is 74.0 Å². The van der Waals surface area contributed by atoms with Crippen molar-refractivity contribution in [2.75, 3.05) is 5.32 Å². The number of Topliss-reactive ketones (excluding diaryl/α,β-unsaturated/α-hetero) is 1. The lowest BCUT2D eigenvalue weighted by Gasteiger charge is -2.28. The lowest BCUT2D eigenvalue weighted by Crippen LogP contribution is -2.26. The third-order valence-electron chi connectivity index (χ3n) is 5.94. The Morgan fingerprint density at radius 3 is 2.38 bits per heavy atom. The van der Waals surface area contributed by atoms with Crippen LogP contribution in [0.4, 0.5) is 5.82 Å². The lowest BCUT2D eigenvalue weighted by molar-refractivity contribution is 0.0912. The highest BCUT2D eigenvalue weighted by atomic mass is 16.1. The fourth-order valence-electron chi connectivity index (χ4n) is 4.62. The highest BCUT2D eigenvalue weighted by Gasteiger charge is 2.36. The van der Waals surface area contributed by atoms with Gasteiger partial charge in [-0.2, -0.15) is 0 Å². The number of nitrogens with one attached hydrogen (secondary N) is 2. The number of carbonyl (C=O) groups excluding carboxylic acids is 1. The molecule has 26 heavy (non-hydrogen) atoms. The van der Waals surface area contributed by atoms with Crippen molar-refractivity contribution < 1.29 is 4.79 Å². The Kier molecular flexibility index (Phi) is 4.42. The number of H-pyrrole nitrogens is 1. The Labute approximate surface area is 156 Å². The number of hydrogen-bond acceptors (Lipinski definition) is 2. The minimum atomic E-state index is 0.0294. The van der Waals surface area contributed by atoms with E-state index in [1.807, 2.05) is 0 Å². The Morgan fingerprint density at radius 2 is 1.69 bits per heavy atom. The molecule has 0 amide bonds.